The van der Waals surface area contributed by atoms with Crippen LogP contribution in [0, 0.1) is 0 Å². The highest BCUT2D eigenvalue weighted by Gasteiger charge is 2.46. The Labute approximate surface area is 367 Å². The van der Waals surface area contributed by atoms with Crippen molar-refractivity contribution < 1.29 is 0 Å². The molecule has 0 fully saturated rings. The molecule has 12 rings (SSSR count). The molecule has 0 aliphatic heterocycles. The van der Waals surface area contributed by atoms with Gasteiger partial charge in [0.25, 0.3) is 0 Å². The third kappa shape index (κ3) is 6.02. The summed E-state index contributed by atoms with van der Waals surface area (Å²) in [5.74, 6) is 0.713. The SMILES string of the molecule is c1ccc(-c2cc(-c3ccc(-c4ccc(-c5ccc6c(c5)-c5c(ccc7ccccc57)C6(c5ccccc5)c5ccccc5)cc4)c4ccccc34)nc(-c3ccccc3)n2)cc1. The van der Waals surface area contributed by atoms with Crippen molar-refractivity contribution in [1.29, 1.82) is 0 Å². The summed E-state index contributed by atoms with van der Waals surface area (Å²) in [6.07, 6.45) is 0. The monoisotopic (exact) mass is 800 g/mol. The first-order valence-electron chi connectivity index (χ1n) is 21.6. The summed E-state index contributed by atoms with van der Waals surface area (Å²) >= 11 is 0. The smallest absolute Gasteiger partial charge is 0.160 e. The van der Waals surface area contributed by atoms with E-state index in [9.17, 15) is 0 Å². The van der Waals surface area contributed by atoms with Crippen LogP contribution < -0.4 is 0 Å². The normalized spacial score (nSPS) is 12.6. The van der Waals surface area contributed by atoms with Gasteiger partial charge in [-0.05, 0) is 89.3 Å². The first kappa shape index (κ1) is 36.6. The quantitative estimate of drug-likeness (QED) is 0.160. The van der Waals surface area contributed by atoms with Gasteiger partial charge in [0.15, 0.2) is 5.82 Å². The molecule has 0 radical (unpaired) electrons. The molecule has 11 aromatic rings. The van der Waals surface area contributed by atoms with Crippen molar-refractivity contribution in [3.63, 3.8) is 0 Å². The van der Waals surface area contributed by atoms with E-state index in [1.807, 2.05) is 24.3 Å². The molecule has 1 heterocycles. The van der Waals surface area contributed by atoms with Crippen molar-refractivity contribution in [2.24, 2.45) is 0 Å². The van der Waals surface area contributed by atoms with Gasteiger partial charge in [0.05, 0.1) is 16.8 Å². The van der Waals surface area contributed by atoms with Crippen molar-refractivity contribution in [2.75, 3.05) is 0 Å². The molecule has 0 bridgehead atoms. The maximum atomic E-state index is 5.18. The lowest BCUT2D eigenvalue weighted by Crippen LogP contribution is -2.28. The molecule has 1 aliphatic carbocycles. The van der Waals surface area contributed by atoms with E-state index in [1.54, 1.807) is 0 Å². The van der Waals surface area contributed by atoms with Crippen molar-refractivity contribution in [1.82, 2.24) is 9.97 Å². The summed E-state index contributed by atoms with van der Waals surface area (Å²) in [5.41, 5.74) is 17.0. The fraction of sp³-hybridized carbons (Fsp3) is 0.0164. The van der Waals surface area contributed by atoms with Crippen molar-refractivity contribution in [2.45, 2.75) is 5.41 Å². The maximum Gasteiger partial charge on any atom is 0.160 e. The first-order valence-corrected chi connectivity index (χ1v) is 21.6. The van der Waals surface area contributed by atoms with Crippen LogP contribution in [0.1, 0.15) is 22.3 Å². The second-order valence-corrected chi connectivity index (χ2v) is 16.4. The van der Waals surface area contributed by atoms with Crippen molar-refractivity contribution in [3.8, 4) is 67.3 Å². The number of hydrogen-bond donors (Lipinski definition) is 0. The highest BCUT2D eigenvalue weighted by atomic mass is 14.9. The average molecular weight is 801 g/mol. The van der Waals surface area contributed by atoms with E-state index in [4.69, 9.17) is 9.97 Å². The van der Waals surface area contributed by atoms with Crippen LogP contribution in [0.2, 0.25) is 0 Å². The molecule has 10 aromatic carbocycles. The minimum Gasteiger partial charge on any atom is -0.228 e. The van der Waals surface area contributed by atoms with Gasteiger partial charge in [0.2, 0.25) is 0 Å². The van der Waals surface area contributed by atoms with Gasteiger partial charge in [-0.3, -0.25) is 0 Å². The van der Waals surface area contributed by atoms with Gasteiger partial charge in [-0.25, -0.2) is 9.97 Å². The molecule has 0 amide bonds. The zero-order valence-corrected chi connectivity index (χ0v) is 34.5. The topological polar surface area (TPSA) is 25.8 Å². The van der Waals surface area contributed by atoms with Gasteiger partial charge in [-0.2, -0.15) is 0 Å². The number of fused-ring (bicyclic) bond motifs is 6. The summed E-state index contributed by atoms with van der Waals surface area (Å²) in [4.78, 5) is 10.2. The van der Waals surface area contributed by atoms with Gasteiger partial charge >= 0.3 is 0 Å². The largest absolute Gasteiger partial charge is 0.228 e. The summed E-state index contributed by atoms with van der Waals surface area (Å²) in [6.45, 7) is 0. The summed E-state index contributed by atoms with van der Waals surface area (Å²) in [6, 6.07) is 87.8. The maximum absolute atomic E-state index is 5.18. The van der Waals surface area contributed by atoms with E-state index in [2.05, 4.69) is 218 Å². The number of rotatable bonds is 7. The van der Waals surface area contributed by atoms with Gasteiger partial charge in [-0.1, -0.05) is 231 Å². The number of benzene rings is 10. The highest BCUT2D eigenvalue weighted by molar-refractivity contribution is 6.06. The van der Waals surface area contributed by atoms with Crippen LogP contribution in [-0.4, -0.2) is 9.97 Å². The molecule has 0 N–H and O–H groups in total. The van der Waals surface area contributed by atoms with Crippen LogP contribution in [0.25, 0.3) is 88.8 Å². The van der Waals surface area contributed by atoms with E-state index in [1.165, 1.54) is 71.8 Å². The lowest BCUT2D eigenvalue weighted by molar-refractivity contribution is 0.769. The Bertz CT molecular complexity index is 3370. The van der Waals surface area contributed by atoms with Gasteiger partial charge in [0, 0.05) is 16.7 Å². The zero-order valence-electron chi connectivity index (χ0n) is 34.5. The van der Waals surface area contributed by atoms with E-state index < -0.39 is 5.41 Å². The number of aromatic nitrogens is 2. The molecule has 294 valence electrons. The van der Waals surface area contributed by atoms with Crippen LogP contribution in [-0.2, 0) is 5.41 Å². The van der Waals surface area contributed by atoms with Crippen LogP contribution in [0.4, 0.5) is 0 Å². The van der Waals surface area contributed by atoms with Crippen molar-refractivity contribution in [3.05, 3.63) is 265 Å². The second kappa shape index (κ2) is 15.1. The van der Waals surface area contributed by atoms with E-state index in [0.717, 1.165) is 33.5 Å². The Morgan fingerprint density at radius 3 is 1.48 bits per heavy atom. The molecule has 2 heteroatoms. The fourth-order valence-corrected chi connectivity index (χ4v) is 10.1. The summed E-state index contributed by atoms with van der Waals surface area (Å²) in [5, 5.41) is 4.87. The Balaban J connectivity index is 0.969. The van der Waals surface area contributed by atoms with Gasteiger partial charge in [0.1, 0.15) is 0 Å². The van der Waals surface area contributed by atoms with E-state index in [0.29, 0.717) is 5.82 Å². The minimum absolute atomic E-state index is 0.454. The molecular formula is C61H40N2. The lowest BCUT2D eigenvalue weighted by Gasteiger charge is -2.34. The third-order valence-corrected chi connectivity index (χ3v) is 13.0. The Hall–Kier alpha value is -8.20. The van der Waals surface area contributed by atoms with Crippen LogP contribution >= 0.6 is 0 Å². The molecule has 0 saturated heterocycles. The fourth-order valence-electron chi connectivity index (χ4n) is 10.1. The van der Waals surface area contributed by atoms with Gasteiger partial charge in [-0.15, -0.1) is 0 Å². The molecular weight excluding hydrogens is 761 g/mol. The molecule has 2 nitrogen and oxygen atoms in total. The predicted octanol–water partition coefficient (Wildman–Crippen LogP) is 15.5. The first-order chi connectivity index (χ1) is 31.2. The standard InChI is InChI=1S/C61H40N2/c1-5-18-44(19-6-1)57-40-58(63-60(62-57)45-20-7-2-8-21-45)53-36-35-49(51-27-15-16-28-52(51)53)43-31-29-41(30-32-43)46-34-37-55-54(39-46)59-50-26-14-13-17-42(50)33-38-56(59)61(55,47-22-9-3-10-23-47)48-24-11-4-12-25-48/h1-40H. The Kier molecular flexibility index (Phi) is 8.76. The van der Waals surface area contributed by atoms with Crippen LogP contribution in [0.5, 0.6) is 0 Å². The molecule has 0 unspecified atom stereocenters. The highest BCUT2D eigenvalue weighted by Crippen LogP contribution is 2.58. The summed E-state index contributed by atoms with van der Waals surface area (Å²) in [7, 11) is 0. The van der Waals surface area contributed by atoms with E-state index >= 15 is 0 Å². The van der Waals surface area contributed by atoms with Crippen molar-refractivity contribution >= 4 is 21.5 Å². The van der Waals surface area contributed by atoms with Crippen LogP contribution in [0.3, 0.4) is 0 Å². The Morgan fingerprint density at radius 1 is 0.286 bits per heavy atom. The molecule has 63 heavy (non-hydrogen) atoms. The molecule has 1 aromatic heterocycles. The van der Waals surface area contributed by atoms with Gasteiger partial charge < -0.3 is 0 Å². The van der Waals surface area contributed by atoms with Crippen LogP contribution in [0.15, 0.2) is 243 Å². The predicted molar refractivity (Wildman–Crippen MR) is 262 cm³/mol. The minimum atomic E-state index is -0.454. The Morgan fingerprint density at radius 2 is 0.794 bits per heavy atom. The molecule has 0 atom stereocenters. The molecule has 1 aliphatic rings. The number of nitrogens with zero attached hydrogens (tertiary/aromatic N) is 2. The lowest BCUT2D eigenvalue weighted by atomic mass is 9.67. The molecule has 0 spiro atoms. The molecule has 0 saturated carbocycles. The number of hydrogen-bond acceptors (Lipinski definition) is 2. The average Bonchev–Trinajstić information content (AvgIpc) is 3.68. The summed E-state index contributed by atoms with van der Waals surface area (Å²) < 4.78 is 0. The third-order valence-electron chi connectivity index (χ3n) is 13.0. The van der Waals surface area contributed by atoms with E-state index in [-0.39, 0.29) is 0 Å². The zero-order chi connectivity index (χ0) is 41.7. The second-order valence-electron chi connectivity index (χ2n) is 16.4.